The normalized spacial score (nSPS) is 12.8. The fourth-order valence-corrected chi connectivity index (χ4v) is 1.61. The van der Waals surface area contributed by atoms with Crippen molar-refractivity contribution >= 4 is 18.0 Å². The number of carbonyl (C=O) groups is 2. The van der Waals surface area contributed by atoms with Crippen LogP contribution in [-0.4, -0.2) is 32.8 Å². The molecule has 1 amide bonds. The second-order valence-electron chi connectivity index (χ2n) is 4.81. The molecule has 2 N–H and O–H groups in total. The first-order valence-corrected chi connectivity index (χ1v) is 6.08. The molecule has 1 heterocycles. The molecule has 0 saturated heterocycles. The van der Waals surface area contributed by atoms with Crippen molar-refractivity contribution in [3.63, 3.8) is 0 Å². The van der Waals surface area contributed by atoms with Crippen molar-refractivity contribution in [2.75, 3.05) is 0 Å². The fraction of sp³-hybridized carbons (Fsp3) is 0.462. The lowest BCUT2D eigenvalue weighted by Crippen LogP contribution is -2.40. The molecule has 0 fully saturated rings. The summed E-state index contributed by atoms with van der Waals surface area (Å²) in [5, 5.41) is 15.4. The van der Waals surface area contributed by atoms with Crippen molar-refractivity contribution in [2.45, 2.75) is 26.3 Å². The van der Waals surface area contributed by atoms with Crippen molar-refractivity contribution in [3.8, 4) is 0 Å². The molecule has 1 aromatic heterocycles. The van der Waals surface area contributed by atoms with E-state index in [2.05, 4.69) is 10.4 Å². The third-order valence-corrected chi connectivity index (χ3v) is 2.47. The molecule has 1 atom stereocenters. The van der Waals surface area contributed by atoms with Crippen molar-refractivity contribution in [2.24, 2.45) is 13.0 Å². The Morgan fingerprint density at radius 2 is 2.21 bits per heavy atom. The summed E-state index contributed by atoms with van der Waals surface area (Å²) in [5.41, 5.74) is 0.786. The number of carbonyl (C=O) groups excluding carboxylic acids is 1. The van der Waals surface area contributed by atoms with Gasteiger partial charge in [-0.2, -0.15) is 5.10 Å². The zero-order valence-electron chi connectivity index (χ0n) is 11.3. The highest BCUT2D eigenvalue weighted by Gasteiger charge is 2.19. The molecule has 6 heteroatoms. The molecule has 1 aromatic rings. The molecular formula is C13H19N3O3. The molecule has 1 unspecified atom stereocenters. The first kappa shape index (κ1) is 14.9. The Bertz CT molecular complexity index is 477. The smallest absolute Gasteiger partial charge is 0.326 e. The van der Waals surface area contributed by atoms with Crippen LogP contribution in [0.25, 0.3) is 6.08 Å². The molecule has 0 aliphatic carbocycles. The van der Waals surface area contributed by atoms with Gasteiger partial charge in [-0.3, -0.25) is 9.48 Å². The minimum Gasteiger partial charge on any atom is -0.480 e. The van der Waals surface area contributed by atoms with Crippen LogP contribution in [0.5, 0.6) is 0 Å². The summed E-state index contributed by atoms with van der Waals surface area (Å²) < 4.78 is 1.62. The number of aryl methyl sites for hydroxylation is 1. The molecule has 0 spiro atoms. The average Bonchev–Trinajstić information content (AvgIpc) is 2.71. The lowest BCUT2D eigenvalue weighted by molar-refractivity contribution is -0.141. The average molecular weight is 265 g/mol. The van der Waals surface area contributed by atoms with E-state index in [1.165, 1.54) is 6.08 Å². The summed E-state index contributed by atoms with van der Waals surface area (Å²) in [4.78, 5) is 22.6. The zero-order chi connectivity index (χ0) is 14.4. The molecule has 0 bridgehead atoms. The standard InChI is InChI=1S/C13H19N3O3/c1-9(2)6-11(13(18)19)15-12(17)5-4-10-7-14-16(3)8-10/h4-5,7-9,11H,6H2,1-3H3,(H,15,17)(H,18,19)/b5-4+. The van der Waals surface area contributed by atoms with E-state index in [0.29, 0.717) is 6.42 Å². The third-order valence-electron chi connectivity index (χ3n) is 2.47. The van der Waals surface area contributed by atoms with Crippen molar-refractivity contribution in [1.29, 1.82) is 0 Å². The molecule has 0 aliphatic rings. The van der Waals surface area contributed by atoms with Crippen molar-refractivity contribution < 1.29 is 14.7 Å². The number of aromatic nitrogens is 2. The van der Waals surface area contributed by atoms with Gasteiger partial charge in [-0.05, 0) is 18.4 Å². The summed E-state index contributed by atoms with van der Waals surface area (Å²) in [5.74, 6) is -1.24. The number of hydrogen-bond acceptors (Lipinski definition) is 3. The van der Waals surface area contributed by atoms with Crippen LogP contribution in [0.4, 0.5) is 0 Å². The van der Waals surface area contributed by atoms with Gasteiger partial charge in [-0.15, -0.1) is 0 Å². The Balaban J connectivity index is 2.57. The summed E-state index contributed by atoms with van der Waals surface area (Å²) in [7, 11) is 1.78. The van der Waals surface area contributed by atoms with E-state index >= 15 is 0 Å². The maximum atomic E-state index is 11.6. The fourth-order valence-electron chi connectivity index (χ4n) is 1.61. The molecule has 19 heavy (non-hydrogen) atoms. The predicted octanol–water partition coefficient (Wildman–Crippen LogP) is 1.05. The van der Waals surface area contributed by atoms with E-state index in [9.17, 15) is 9.59 Å². The number of carboxylic acid groups (broad SMARTS) is 1. The molecule has 0 aromatic carbocycles. The van der Waals surface area contributed by atoms with Gasteiger partial charge in [0.2, 0.25) is 5.91 Å². The van der Waals surface area contributed by atoms with E-state index in [4.69, 9.17) is 5.11 Å². The van der Waals surface area contributed by atoms with E-state index in [0.717, 1.165) is 5.56 Å². The maximum Gasteiger partial charge on any atom is 0.326 e. The van der Waals surface area contributed by atoms with Gasteiger partial charge in [0.05, 0.1) is 6.20 Å². The maximum absolute atomic E-state index is 11.6. The largest absolute Gasteiger partial charge is 0.480 e. The topological polar surface area (TPSA) is 84.2 Å². The summed E-state index contributed by atoms with van der Waals surface area (Å²) in [6.45, 7) is 3.82. The Morgan fingerprint density at radius 1 is 1.53 bits per heavy atom. The SMILES string of the molecule is CC(C)CC(NC(=O)/C=C/c1cnn(C)c1)C(=O)O. The van der Waals surface area contributed by atoms with Gasteiger partial charge < -0.3 is 10.4 Å². The number of hydrogen-bond donors (Lipinski definition) is 2. The number of nitrogens with one attached hydrogen (secondary N) is 1. The van der Waals surface area contributed by atoms with Gasteiger partial charge in [-0.25, -0.2) is 4.79 Å². The van der Waals surface area contributed by atoms with Crippen LogP contribution in [-0.2, 0) is 16.6 Å². The monoisotopic (exact) mass is 265 g/mol. The van der Waals surface area contributed by atoms with Crippen LogP contribution < -0.4 is 5.32 Å². The van der Waals surface area contributed by atoms with E-state index < -0.39 is 17.9 Å². The highest BCUT2D eigenvalue weighted by Crippen LogP contribution is 2.05. The lowest BCUT2D eigenvalue weighted by Gasteiger charge is -2.15. The van der Waals surface area contributed by atoms with E-state index in [-0.39, 0.29) is 5.92 Å². The lowest BCUT2D eigenvalue weighted by atomic mass is 10.0. The van der Waals surface area contributed by atoms with Gasteiger partial charge in [0.25, 0.3) is 0 Å². The quantitative estimate of drug-likeness (QED) is 0.753. The first-order valence-electron chi connectivity index (χ1n) is 6.08. The molecule has 104 valence electrons. The van der Waals surface area contributed by atoms with Gasteiger partial charge in [0.1, 0.15) is 6.04 Å². The number of aliphatic carboxylic acids is 1. The molecule has 0 saturated carbocycles. The van der Waals surface area contributed by atoms with Crippen LogP contribution in [0.1, 0.15) is 25.8 Å². The number of nitrogens with zero attached hydrogens (tertiary/aromatic N) is 2. The van der Waals surface area contributed by atoms with Crippen LogP contribution >= 0.6 is 0 Å². The van der Waals surface area contributed by atoms with Gasteiger partial charge in [0, 0.05) is 24.9 Å². The van der Waals surface area contributed by atoms with E-state index in [1.807, 2.05) is 13.8 Å². The Hall–Kier alpha value is -2.11. The second kappa shape index (κ2) is 6.72. The minimum atomic E-state index is -1.02. The highest BCUT2D eigenvalue weighted by atomic mass is 16.4. The van der Waals surface area contributed by atoms with Crippen LogP contribution in [0, 0.1) is 5.92 Å². The molecule has 6 nitrogen and oxygen atoms in total. The summed E-state index contributed by atoms with van der Waals surface area (Å²) in [6, 6.07) is -0.856. The number of rotatable bonds is 6. The van der Waals surface area contributed by atoms with Gasteiger partial charge in [-0.1, -0.05) is 13.8 Å². The van der Waals surface area contributed by atoms with Crippen molar-refractivity contribution in [3.05, 3.63) is 24.0 Å². The number of amides is 1. The molecule has 0 radical (unpaired) electrons. The zero-order valence-corrected chi connectivity index (χ0v) is 11.3. The Kier molecular flexibility index (Phi) is 5.29. The van der Waals surface area contributed by atoms with Crippen LogP contribution in [0.2, 0.25) is 0 Å². The Labute approximate surface area is 112 Å². The minimum absolute atomic E-state index is 0.198. The molecule has 1 rings (SSSR count). The summed E-state index contributed by atoms with van der Waals surface area (Å²) >= 11 is 0. The van der Waals surface area contributed by atoms with Gasteiger partial charge >= 0.3 is 5.97 Å². The Morgan fingerprint density at radius 3 is 2.68 bits per heavy atom. The molecular weight excluding hydrogens is 246 g/mol. The number of carboxylic acids is 1. The van der Waals surface area contributed by atoms with Crippen LogP contribution in [0.3, 0.4) is 0 Å². The summed E-state index contributed by atoms with van der Waals surface area (Å²) in [6.07, 6.45) is 6.69. The second-order valence-corrected chi connectivity index (χ2v) is 4.81. The van der Waals surface area contributed by atoms with E-state index in [1.54, 1.807) is 30.2 Å². The third kappa shape index (κ3) is 5.37. The highest BCUT2D eigenvalue weighted by molar-refractivity contribution is 5.94. The predicted molar refractivity (Wildman–Crippen MR) is 71.3 cm³/mol. The molecule has 0 aliphatic heterocycles. The first-order chi connectivity index (χ1) is 8.88. The van der Waals surface area contributed by atoms with Crippen molar-refractivity contribution in [1.82, 2.24) is 15.1 Å². The van der Waals surface area contributed by atoms with Crippen LogP contribution in [0.15, 0.2) is 18.5 Å². The van der Waals surface area contributed by atoms with Gasteiger partial charge in [0.15, 0.2) is 0 Å².